The highest BCUT2D eigenvalue weighted by Crippen LogP contribution is 2.28. The van der Waals surface area contributed by atoms with E-state index in [0.717, 1.165) is 23.9 Å². The van der Waals surface area contributed by atoms with Crippen LogP contribution in [0.1, 0.15) is 12.0 Å². The fraction of sp³-hybridized carbons (Fsp3) is 0.417. The first kappa shape index (κ1) is 26.4. The number of hydrogen-bond acceptors (Lipinski definition) is 5. The lowest BCUT2D eigenvalue weighted by molar-refractivity contribution is -0.133. The summed E-state index contributed by atoms with van der Waals surface area (Å²) in [6.07, 6.45) is 2.36. The summed E-state index contributed by atoms with van der Waals surface area (Å²) in [5, 5.41) is 3.72. The summed E-state index contributed by atoms with van der Waals surface area (Å²) in [7, 11) is -3.43. The summed E-state index contributed by atoms with van der Waals surface area (Å²) in [5.74, 6) is -0.169. The number of nitrogens with zero attached hydrogens (tertiary/aromatic N) is 3. The minimum Gasteiger partial charge on any atom is -0.366 e. The van der Waals surface area contributed by atoms with Gasteiger partial charge in [-0.3, -0.25) is 9.52 Å². The van der Waals surface area contributed by atoms with E-state index in [2.05, 4.69) is 10.0 Å². The largest absolute Gasteiger partial charge is 0.366 e. The molecule has 1 atom stereocenters. The number of likely N-dealkylation sites (tertiary alicyclic amines) is 1. The number of piperazine rings is 1. The molecule has 0 aliphatic carbocycles. The number of rotatable bonds is 7. The van der Waals surface area contributed by atoms with E-state index >= 15 is 0 Å². The molecule has 36 heavy (non-hydrogen) atoms. The number of urea groups is 1. The second-order valence-corrected chi connectivity index (χ2v) is 11.6. The number of benzene rings is 2. The number of amides is 3. The lowest BCUT2D eigenvalue weighted by Crippen LogP contribution is -2.58. The van der Waals surface area contributed by atoms with Gasteiger partial charge in [-0.2, -0.15) is 0 Å². The molecule has 0 saturated carbocycles. The number of anilines is 2. The minimum atomic E-state index is -3.43. The summed E-state index contributed by atoms with van der Waals surface area (Å²) in [4.78, 5) is 31.7. The zero-order chi connectivity index (χ0) is 25.9. The molecule has 2 aromatic rings. The number of hydrogen-bond donors (Lipinski definition) is 2. The lowest BCUT2D eigenvalue weighted by atomic mass is 10.0. The molecule has 0 unspecified atom stereocenters. The fourth-order valence-corrected chi connectivity index (χ4v) is 5.18. The molecule has 2 fully saturated rings. The molecule has 0 bridgehead atoms. The normalized spacial score (nSPS) is 16.8. The van der Waals surface area contributed by atoms with Crippen LogP contribution in [0.25, 0.3) is 0 Å². The first-order valence-electron chi connectivity index (χ1n) is 11.7. The molecule has 0 aromatic heterocycles. The Hall–Kier alpha value is -2.69. The molecular formula is C24H29Cl2N5O4S. The molecule has 12 heteroatoms. The van der Waals surface area contributed by atoms with Gasteiger partial charge in [-0.05, 0) is 36.2 Å². The van der Waals surface area contributed by atoms with Crippen LogP contribution in [-0.4, -0.2) is 81.7 Å². The highest BCUT2D eigenvalue weighted by Gasteiger charge is 2.31. The smallest absolute Gasteiger partial charge is 0.318 e. The fourth-order valence-electron chi connectivity index (χ4n) is 4.29. The third kappa shape index (κ3) is 6.54. The summed E-state index contributed by atoms with van der Waals surface area (Å²) < 4.78 is 26.1. The van der Waals surface area contributed by atoms with Crippen LogP contribution < -0.4 is 14.9 Å². The van der Waals surface area contributed by atoms with Gasteiger partial charge in [-0.25, -0.2) is 13.2 Å². The van der Waals surface area contributed by atoms with Crippen LogP contribution in [-0.2, 0) is 21.2 Å². The van der Waals surface area contributed by atoms with Gasteiger partial charge in [-0.1, -0.05) is 41.4 Å². The van der Waals surface area contributed by atoms with Crippen molar-refractivity contribution in [2.75, 3.05) is 55.1 Å². The summed E-state index contributed by atoms with van der Waals surface area (Å²) in [6.45, 7) is 3.27. The maximum absolute atomic E-state index is 13.5. The van der Waals surface area contributed by atoms with Gasteiger partial charge in [0.2, 0.25) is 15.9 Å². The third-order valence-corrected chi connectivity index (χ3v) is 7.62. The zero-order valence-corrected chi connectivity index (χ0v) is 22.2. The Labute approximate surface area is 221 Å². The van der Waals surface area contributed by atoms with E-state index in [1.54, 1.807) is 40.1 Å². The van der Waals surface area contributed by atoms with Crippen LogP contribution in [0.2, 0.25) is 10.0 Å². The Morgan fingerprint density at radius 3 is 2.25 bits per heavy atom. The average molecular weight is 555 g/mol. The predicted octanol–water partition coefficient (Wildman–Crippen LogP) is 3.04. The molecular weight excluding hydrogens is 525 g/mol. The van der Waals surface area contributed by atoms with E-state index in [1.165, 1.54) is 0 Å². The van der Waals surface area contributed by atoms with E-state index in [-0.39, 0.29) is 18.4 Å². The zero-order valence-electron chi connectivity index (χ0n) is 19.9. The number of carbonyl (C=O) groups is 2. The number of sulfonamides is 1. The van der Waals surface area contributed by atoms with Crippen molar-refractivity contribution in [3.63, 3.8) is 0 Å². The molecule has 0 radical (unpaired) electrons. The van der Waals surface area contributed by atoms with Gasteiger partial charge in [0.15, 0.2) is 0 Å². The van der Waals surface area contributed by atoms with Gasteiger partial charge in [0.1, 0.15) is 6.04 Å². The maximum atomic E-state index is 13.5. The van der Waals surface area contributed by atoms with Crippen LogP contribution in [0.4, 0.5) is 16.2 Å². The second kappa shape index (κ2) is 11.1. The maximum Gasteiger partial charge on any atom is 0.318 e. The monoisotopic (exact) mass is 553 g/mol. The summed E-state index contributed by atoms with van der Waals surface area (Å²) >= 11 is 12.2. The molecule has 2 saturated heterocycles. The van der Waals surface area contributed by atoms with Gasteiger partial charge < -0.3 is 20.0 Å². The predicted molar refractivity (Wildman–Crippen MR) is 142 cm³/mol. The average Bonchev–Trinajstić information content (AvgIpc) is 2.79. The topological polar surface area (TPSA) is 102 Å². The van der Waals surface area contributed by atoms with Gasteiger partial charge >= 0.3 is 6.03 Å². The quantitative estimate of drug-likeness (QED) is 0.548. The Balaban J connectivity index is 1.45. The molecule has 0 spiro atoms. The Morgan fingerprint density at radius 1 is 0.944 bits per heavy atom. The molecule has 2 N–H and O–H groups in total. The Kier molecular flexibility index (Phi) is 8.17. The highest BCUT2D eigenvalue weighted by molar-refractivity contribution is 7.92. The van der Waals surface area contributed by atoms with Gasteiger partial charge in [0.25, 0.3) is 0 Å². The molecule has 9 nitrogen and oxygen atoms in total. The van der Waals surface area contributed by atoms with Crippen LogP contribution >= 0.6 is 23.2 Å². The van der Waals surface area contributed by atoms with Crippen molar-refractivity contribution >= 4 is 56.5 Å². The van der Waals surface area contributed by atoms with E-state index < -0.39 is 16.1 Å². The first-order chi connectivity index (χ1) is 17.1. The number of carbonyl (C=O) groups excluding carboxylic acids is 2. The standard InChI is InChI=1S/C24H29Cl2N5O4S/c1-36(34,35)28-20-5-2-3-6-22(20)29-11-13-30(14-12-29)23(32)21(27-24(33)31-9-4-10-31)16-17-7-8-18(25)19(26)15-17/h2-3,5-8,15,21,28H,4,9-14,16H2,1H3,(H,27,33)/t21-/m1/s1. The molecule has 194 valence electrons. The van der Waals surface area contributed by atoms with Crippen molar-refractivity contribution in [1.29, 1.82) is 0 Å². The number of nitrogens with one attached hydrogen (secondary N) is 2. The molecule has 2 aliphatic heterocycles. The van der Waals surface area contributed by atoms with Crippen molar-refractivity contribution in [3.8, 4) is 0 Å². The summed E-state index contributed by atoms with van der Waals surface area (Å²) in [5.41, 5.74) is 2.05. The molecule has 2 aliphatic rings. The summed E-state index contributed by atoms with van der Waals surface area (Å²) in [6, 6.07) is 11.4. The second-order valence-electron chi connectivity index (χ2n) is 9.00. The van der Waals surface area contributed by atoms with Crippen molar-refractivity contribution in [1.82, 2.24) is 15.1 Å². The van der Waals surface area contributed by atoms with E-state index in [1.807, 2.05) is 17.0 Å². The van der Waals surface area contributed by atoms with Crippen molar-refractivity contribution in [3.05, 3.63) is 58.1 Å². The molecule has 2 heterocycles. The lowest BCUT2D eigenvalue weighted by Gasteiger charge is -2.39. The van der Waals surface area contributed by atoms with E-state index in [0.29, 0.717) is 55.0 Å². The first-order valence-corrected chi connectivity index (χ1v) is 14.4. The molecule has 4 rings (SSSR count). The van der Waals surface area contributed by atoms with E-state index in [9.17, 15) is 18.0 Å². The van der Waals surface area contributed by atoms with Crippen molar-refractivity contribution < 1.29 is 18.0 Å². The minimum absolute atomic E-state index is 0.169. The third-order valence-electron chi connectivity index (χ3n) is 6.29. The van der Waals surface area contributed by atoms with Crippen molar-refractivity contribution in [2.24, 2.45) is 0 Å². The number of halogens is 2. The Morgan fingerprint density at radius 2 is 1.64 bits per heavy atom. The van der Waals surface area contributed by atoms with Crippen molar-refractivity contribution in [2.45, 2.75) is 18.9 Å². The van der Waals surface area contributed by atoms with Crippen LogP contribution in [0.15, 0.2) is 42.5 Å². The SMILES string of the molecule is CS(=O)(=O)Nc1ccccc1N1CCN(C(=O)[C@@H](Cc2ccc(Cl)c(Cl)c2)NC(=O)N2CCC2)CC1. The molecule has 2 aromatic carbocycles. The van der Waals surface area contributed by atoms with Crippen LogP contribution in [0.5, 0.6) is 0 Å². The Bertz CT molecular complexity index is 1230. The van der Waals surface area contributed by atoms with Gasteiger partial charge in [0.05, 0.1) is 27.7 Å². The van der Waals surface area contributed by atoms with Crippen LogP contribution in [0, 0.1) is 0 Å². The van der Waals surface area contributed by atoms with E-state index in [4.69, 9.17) is 23.2 Å². The van der Waals surface area contributed by atoms with Crippen LogP contribution in [0.3, 0.4) is 0 Å². The molecule has 3 amide bonds. The van der Waals surface area contributed by atoms with Gasteiger partial charge in [0, 0.05) is 45.7 Å². The van der Waals surface area contributed by atoms with Gasteiger partial charge in [-0.15, -0.1) is 0 Å². The number of para-hydroxylation sites is 2. The highest BCUT2D eigenvalue weighted by atomic mass is 35.5.